The van der Waals surface area contributed by atoms with Crippen LogP contribution in [-0.2, 0) is 12.2 Å². The van der Waals surface area contributed by atoms with E-state index >= 15 is 0 Å². The predicted molar refractivity (Wildman–Crippen MR) is 46.3 cm³/mol. The van der Waals surface area contributed by atoms with Crippen LogP contribution in [-0.4, -0.2) is 4.98 Å². The summed E-state index contributed by atoms with van der Waals surface area (Å²) >= 11 is 4.13. The Morgan fingerprint density at radius 2 is 2.30 bits per heavy atom. The van der Waals surface area contributed by atoms with E-state index in [4.69, 9.17) is 0 Å². The summed E-state index contributed by atoms with van der Waals surface area (Å²) in [4.78, 5) is 4.22. The average molecular weight is 153 g/mol. The predicted octanol–water partition coefficient (Wildman–Crippen LogP) is 2.07. The monoisotopic (exact) mass is 153 g/mol. The summed E-state index contributed by atoms with van der Waals surface area (Å²) < 4.78 is 0. The van der Waals surface area contributed by atoms with Crippen molar-refractivity contribution in [2.24, 2.45) is 0 Å². The molecule has 0 aromatic carbocycles. The lowest BCUT2D eigenvalue weighted by molar-refractivity contribution is 1.03. The Hall–Kier alpha value is -0.500. The lowest BCUT2D eigenvalue weighted by Crippen LogP contribution is -1.86. The highest BCUT2D eigenvalue weighted by atomic mass is 32.1. The number of hydrogen-bond acceptors (Lipinski definition) is 2. The molecule has 0 amide bonds. The quantitative estimate of drug-likeness (QED) is 0.642. The maximum absolute atomic E-state index is 4.22. The Bertz CT molecular complexity index is 170. The Morgan fingerprint density at radius 3 is 2.70 bits per heavy atom. The van der Waals surface area contributed by atoms with Crippen molar-refractivity contribution in [2.75, 3.05) is 0 Å². The molecule has 0 saturated carbocycles. The van der Waals surface area contributed by atoms with Gasteiger partial charge in [0.05, 0.1) is 0 Å². The molecule has 1 nitrogen and oxygen atoms in total. The molecule has 0 aliphatic rings. The molecule has 0 N–H and O–H groups in total. The van der Waals surface area contributed by atoms with E-state index < -0.39 is 0 Å². The molecular weight excluding hydrogens is 142 g/mol. The van der Waals surface area contributed by atoms with Gasteiger partial charge in [-0.2, -0.15) is 12.6 Å². The minimum Gasteiger partial charge on any atom is -0.261 e. The van der Waals surface area contributed by atoms with E-state index in [1.807, 2.05) is 12.3 Å². The molecule has 0 atom stereocenters. The van der Waals surface area contributed by atoms with Gasteiger partial charge in [-0.25, -0.2) is 0 Å². The molecule has 1 aromatic heterocycles. The molecule has 0 radical (unpaired) electrons. The average Bonchev–Trinajstić information content (AvgIpc) is 2.05. The summed E-state index contributed by atoms with van der Waals surface area (Å²) in [6.07, 6.45) is 2.89. The van der Waals surface area contributed by atoms with Gasteiger partial charge in [0.1, 0.15) is 0 Å². The van der Waals surface area contributed by atoms with E-state index in [1.54, 1.807) is 0 Å². The van der Waals surface area contributed by atoms with Gasteiger partial charge in [0.2, 0.25) is 0 Å². The van der Waals surface area contributed by atoms with Crippen LogP contribution in [0.15, 0.2) is 18.3 Å². The molecule has 10 heavy (non-hydrogen) atoms. The van der Waals surface area contributed by atoms with Crippen LogP contribution in [0.4, 0.5) is 0 Å². The molecule has 0 bridgehead atoms. The maximum Gasteiger partial charge on any atom is 0.0401 e. The van der Waals surface area contributed by atoms with Gasteiger partial charge in [-0.05, 0) is 18.1 Å². The van der Waals surface area contributed by atoms with E-state index in [-0.39, 0.29) is 0 Å². The molecule has 1 rings (SSSR count). The van der Waals surface area contributed by atoms with Crippen molar-refractivity contribution in [3.63, 3.8) is 0 Å². The SMILES string of the molecule is CCc1ccc(CS)cn1. The van der Waals surface area contributed by atoms with Gasteiger partial charge < -0.3 is 0 Å². The summed E-state index contributed by atoms with van der Waals surface area (Å²) in [7, 11) is 0. The van der Waals surface area contributed by atoms with Gasteiger partial charge in [-0.1, -0.05) is 13.0 Å². The number of nitrogens with zero attached hydrogens (tertiary/aromatic N) is 1. The van der Waals surface area contributed by atoms with Crippen molar-refractivity contribution in [2.45, 2.75) is 19.1 Å². The molecule has 1 heterocycles. The van der Waals surface area contributed by atoms with Crippen LogP contribution < -0.4 is 0 Å². The van der Waals surface area contributed by atoms with Crippen molar-refractivity contribution < 1.29 is 0 Å². The Kier molecular flexibility index (Phi) is 2.75. The van der Waals surface area contributed by atoms with Crippen LogP contribution in [0.25, 0.3) is 0 Å². The summed E-state index contributed by atoms with van der Waals surface area (Å²) in [6, 6.07) is 4.12. The van der Waals surface area contributed by atoms with Crippen molar-refractivity contribution in [3.05, 3.63) is 29.6 Å². The highest BCUT2D eigenvalue weighted by Gasteiger charge is 1.90. The second-order valence-electron chi connectivity index (χ2n) is 2.17. The molecule has 0 saturated heterocycles. The van der Waals surface area contributed by atoms with Crippen molar-refractivity contribution in [1.29, 1.82) is 0 Å². The van der Waals surface area contributed by atoms with Gasteiger partial charge in [0.15, 0.2) is 0 Å². The number of hydrogen-bond donors (Lipinski definition) is 1. The van der Waals surface area contributed by atoms with E-state index in [2.05, 4.69) is 30.6 Å². The zero-order chi connectivity index (χ0) is 7.40. The van der Waals surface area contributed by atoms with Crippen molar-refractivity contribution in [3.8, 4) is 0 Å². The van der Waals surface area contributed by atoms with Gasteiger partial charge in [-0.3, -0.25) is 4.98 Å². The second-order valence-corrected chi connectivity index (χ2v) is 2.49. The summed E-state index contributed by atoms with van der Waals surface area (Å²) in [5.41, 5.74) is 2.33. The number of aromatic nitrogens is 1. The van der Waals surface area contributed by atoms with Gasteiger partial charge in [0, 0.05) is 17.6 Å². The van der Waals surface area contributed by atoms with Crippen LogP contribution in [0.3, 0.4) is 0 Å². The fraction of sp³-hybridized carbons (Fsp3) is 0.375. The molecule has 0 aliphatic heterocycles. The van der Waals surface area contributed by atoms with Crippen LogP contribution >= 0.6 is 12.6 Å². The van der Waals surface area contributed by atoms with E-state index in [9.17, 15) is 0 Å². The van der Waals surface area contributed by atoms with Crippen molar-refractivity contribution in [1.82, 2.24) is 4.98 Å². The van der Waals surface area contributed by atoms with E-state index in [0.29, 0.717) is 0 Å². The zero-order valence-corrected chi connectivity index (χ0v) is 6.94. The fourth-order valence-corrected chi connectivity index (χ4v) is 0.945. The first-order valence-electron chi connectivity index (χ1n) is 3.41. The molecule has 0 fully saturated rings. The molecule has 2 heteroatoms. The molecule has 0 unspecified atom stereocenters. The maximum atomic E-state index is 4.22. The minimum atomic E-state index is 0.775. The Morgan fingerprint density at radius 1 is 1.50 bits per heavy atom. The lowest BCUT2D eigenvalue weighted by Gasteiger charge is -1.96. The first kappa shape index (κ1) is 7.61. The minimum absolute atomic E-state index is 0.775. The van der Waals surface area contributed by atoms with Gasteiger partial charge >= 0.3 is 0 Å². The largest absolute Gasteiger partial charge is 0.261 e. The van der Waals surface area contributed by atoms with E-state index in [0.717, 1.165) is 17.9 Å². The Labute approximate surface area is 66.9 Å². The number of thiol groups is 1. The topological polar surface area (TPSA) is 12.9 Å². The summed E-state index contributed by atoms with van der Waals surface area (Å²) in [5.74, 6) is 0.775. The molecule has 0 aliphatic carbocycles. The molecule has 54 valence electrons. The van der Waals surface area contributed by atoms with E-state index in [1.165, 1.54) is 5.56 Å². The van der Waals surface area contributed by atoms with Gasteiger partial charge in [-0.15, -0.1) is 0 Å². The number of rotatable bonds is 2. The third-order valence-corrected chi connectivity index (χ3v) is 1.80. The molecule has 1 aromatic rings. The van der Waals surface area contributed by atoms with Crippen LogP contribution in [0, 0.1) is 0 Å². The Balaban J connectivity index is 2.80. The van der Waals surface area contributed by atoms with Crippen LogP contribution in [0.1, 0.15) is 18.2 Å². The normalized spacial score (nSPS) is 9.80. The van der Waals surface area contributed by atoms with Crippen LogP contribution in [0.5, 0.6) is 0 Å². The first-order chi connectivity index (χ1) is 4.86. The summed E-state index contributed by atoms with van der Waals surface area (Å²) in [5, 5.41) is 0. The van der Waals surface area contributed by atoms with Crippen LogP contribution in [0.2, 0.25) is 0 Å². The third-order valence-electron chi connectivity index (χ3n) is 1.43. The number of aryl methyl sites for hydroxylation is 1. The number of pyridine rings is 1. The zero-order valence-electron chi connectivity index (χ0n) is 6.04. The lowest BCUT2D eigenvalue weighted by atomic mass is 10.2. The third kappa shape index (κ3) is 1.74. The first-order valence-corrected chi connectivity index (χ1v) is 4.04. The van der Waals surface area contributed by atoms with Gasteiger partial charge in [0.25, 0.3) is 0 Å². The smallest absolute Gasteiger partial charge is 0.0401 e. The highest BCUT2D eigenvalue weighted by Crippen LogP contribution is 2.02. The fourth-order valence-electron chi connectivity index (χ4n) is 0.758. The second kappa shape index (κ2) is 3.62. The van der Waals surface area contributed by atoms with Crippen molar-refractivity contribution >= 4 is 12.6 Å². The molecular formula is C8H11NS. The summed E-state index contributed by atoms with van der Waals surface area (Å²) in [6.45, 7) is 2.10. The standard InChI is InChI=1S/C8H11NS/c1-2-8-4-3-7(6-10)5-9-8/h3-5,10H,2,6H2,1H3. The molecule has 0 spiro atoms. The highest BCUT2D eigenvalue weighted by molar-refractivity contribution is 7.79.